The van der Waals surface area contributed by atoms with Crippen molar-refractivity contribution in [1.29, 1.82) is 0 Å². The van der Waals surface area contributed by atoms with E-state index in [1.807, 2.05) is 19.9 Å². The molecule has 1 N–H and O–H groups in total. The minimum atomic E-state index is -0.816. The van der Waals surface area contributed by atoms with Crippen molar-refractivity contribution in [3.8, 4) is 0 Å². The van der Waals surface area contributed by atoms with Crippen LogP contribution in [0, 0.1) is 0 Å². The van der Waals surface area contributed by atoms with Gasteiger partial charge in [0.2, 0.25) is 0 Å². The molecule has 0 saturated heterocycles. The molecule has 1 atom stereocenters. The van der Waals surface area contributed by atoms with Crippen LogP contribution in [0.4, 0.5) is 0 Å². The van der Waals surface area contributed by atoms with E-state index in [9.17, 15) is 5.11 Å². The van der Waals surface area contributed by atoms with Gasteiger partial charge >= 0.3 is 0 Å². The van der Waals surface area contributed by atoms with E-state index in [2.05, 4.69) is 6.58 Å². The van der Waals surface area contributed by atoms with Crippen LogP contribution in [0.25, 0.3) is 0 Å². The Labute approximate surface area is 100 Å². The van der Waals surface area contributed by atoms with Gasteiger partial charge in [0.25, 0.3) is 0 Å². The van der Waals surface area contributed by atoms with Crippen LogP contribution in [-0.2, 0) is 0 Å². The van der Waals surface area contributed by atoms with E-state index in [4.69, 9.17) is 23.2 Å². The smallest absolute Gasteiger partial charge is 0.0998 e. The van der Waals surface area contributed by atoms with Crippen molar-refractivity contribution in [3.05, 3.63) is 46.0 Å². The Hall–Kier alpha value is -0.500. The molecule has 0 heterocycles. The average molecular weight is 245 g/mol. The first-order valence-corrected chi connectivity index (χ1v) is 5.53. The first kappa shape index (κ1) is 12.6. The third kappa shape index (κ3) is 2.54. The Kier molecular flexibility index (Phi) is 4.21. The Bertz CT molecular complexity index is 372. The van der Waals surface area contributed by atoms with Crippen LogP contribution >= 0.6 is 23.2 Å². The summed E-state index contributed by atoms with van der Waals surface area (Å²) in [5.74, 6) is 0.297. The summed E-state index contributed by atoms with van der Waals surface area (Å²) in [5, 5.41) is 10.7. The van der Waals surface area contributed by atoms with Gasteiger partial charge in [0.05, 0.1) is 11.1 Å². The monoisotopic (exact) mass is 244 g/mol. The van der Waals surface area contributed by atoms with Crippen LogP contribution in [0.5, 0.6) is 0 Å². The van der Waals surface area contributed by atoms with E-state index in [1.165, 1.54) is 6.08 Å². The molecular weight excluding hydrogens is 231 g/mol. The standard InChI is InChI=1S/C12H14Cl2O/c1-4-10(15)11-9(13)6-5-8(7(2)3)12(11)14/h4-7,10,15H,1H2,2-3H3. The van der Waals surface area contributed by atoms with Gasteiger partial charge in [-0.25, -0.2) is 0 Å². The fourth-order valence-corrected chi connectivity index (χ4v) is 2.23. The number of benzene rings is 1. The number of hydrogen-bond acceptors (Lipinski definition) is 1. The molecular formula is C12H14Cl2O. The van der Waals surface area contributed by atoms with Gasteiger partial charge in [0, 0.05) is 10.6 Å². The van der Waals surface area contributed by atoms with Crippen LogP contribution in [0.2, 0.25) is 10.0 Å². The summed E-state index contributed by atoms with van der Waals surface area (Å²) < 4.78 is 0. The highest BCUT2D eigenvalue weighted by Gasteiger charge is 2.17. The quantitative estimate of drug-likeness (QED) is 0.785. The van der Waals surface area contributed by atoms with E-state index >= 15 is 0 Å². The van der Waals surface area contributed by atoms with Gasteiger partial charge in [0.15, 0.2) is 0 Å². The second-order valence-electron chi connectivity index (χ2n) is 3.70. The fourth-order valence-electron chi connectivity index (χ4n) is 1.42. The highest BCUT2D eigenvalue weighted by molar-refractivity contribution is 6.36. The number of aliphatic hydroxyl groups excluding tert-OH is 1. The second-order valence-corrected chi connectivity index (χ2v) is 4.48. The lowest BCUT2D eigenvalue weighted by molar-refractivity contribution is 0.229. The zero-order chi connectivity index (χ0) is 11.6. The van der Waals surface area contributed by atoms with Gasteiger partial charge < -0.3 is 5.11 Å². The predicted molar refractivity (Wildman–Crippen MR) is 65.7 cm³/mol. The number of rotatable bonds is 3. The molecule has 15 heavy (non-hydrogen) atoms. The molecule has 0 fully saturated rings. The molecule has 3 heteroatoms. The van der Waals surface area contributed by atoms with Crippen LogP contribution < -0.4 is 0 Å². The van der Waals surface area contributed by atoms with E-state index in [-0.39, 0.29) is 0 Å². The van der Waals surface area contributed by atoms with Crippen LogP contribution in [-0.4, -0.2) is 5.11 Å². The number of aliphatic hydroxyl groups is 1. The lowest BCUT2D eigenvalue weighted by Crippen LogP contribution is -1.99. The molecule has 0 spiro atoms. The van der Waals surface area contributed by atoms with Gasteiger partial charge in [-0.05, 0) is 17.5 Å². The van der Waals surface area contributed by atoms with Crippen molar-refractivity contribution in [2.24, 2.45) is 0 Å². The summed E-state index contributed by atoms with van der Waals surface area (Å²) >= 11 is 12.2. The molecule has 0 aromatic heterocycles. The molecule has 82 valence electrons. The maximum absolute atomic E-state index is 9.71. The topological polar surface area (TPSA) is 20.2 Å². The van der Waals surface area contributed by atoms with Gasteiger partial charge in [-0.3, -0.25) is 0 Å². The van der Waals surface area contributed by atoms with Crippen molar-refractivity contribution >= 4 is 23.2 Å². The van der Waals surface area contributed by atoms with Gasteiger partial charge in [-0.2, -0.15) is 0 Å². The number of hydrogen-bond donors (Lipinski definition) is 1. The molecule has 0 aliphatic rings. The van der Waals surface area contributed by atoms with Gasteiger partial charge in [0.1, 0.15) is 0 Å². The maximum Gasteiger partial charge on any atom is 0.0998 e. The molecule has 1 aromatic rings. The largest absolute Gasteiger partial charge is 0.384 e. The maximum atomic E-state index is 9.71. The summed E-state index contributed by atoms with van der Waals surface area (Å²) in [4.78, 5) is 0. The summed E-state index contributed by atoms with van der Waals surface area (Å²) in [6.07, 6.45) is 0.598. The highest BCUT2D eigenvalue weighted by atomic mass is 35.5. The lowest BCUT2D eigenvalue weighted by atomic mass is 9.98. The minimum Gasteiger partial charge on any atom is -0.384 e. The van der Waals surface area contributed by atoms with Crippen molar-refractivity contribution in [3.63, 3.8) is 0 Å². The van der Waals surface area contributed by atoms with Crippen molar-refractivity contribution in [2.45, 2.75) is 25.9 Å². The Balaban J connectivity index is 3.36. The molecule has 1 aromatic carbocycles. The molecule has 0 bridgehead atoms. The van der Waals surface area contributed by atoms with Crippen molar-refractivity contribution in [2.75, 3.05) is 0 Å². The molecule has 0 aliphatic carbocycles. The third-order valence-corrected chi connectivity index (χ3v) is 3.05. The van der Waals surface area contributed by atoms with E-state index in [0.29, 0.717) is 21.5 Å². The Morgan fingerprint density at radius 3 is 2.40 bits per heavy atom. The van der Waals surface area contributed by atoms with Crippen molar-refractivity contribution < 1.29 is 5.11 Å². The summed E-state index contributed by atoms with van der Waals surface area (Å²) in [6.45, 7) is 7.61. The highest BCUT2D eigenvalue weighted by Crippen LogP contribution is 2.36. The first-order chi connectivity index (χ1) is 6.99. The molecule has 0 radical (unpaired) electrons. The Morgan fingerprint density at radius 2 is 1.93 bits per heavy atom. The fraction of sp³-hybridized carbons (Fsp3) is 0.333. The third-order valence-electron chi connectivity index (χ3n) is 2.30. The van der Waals surface area contributed by atoms with E-state index in [1.54, 1.807) is 6.07 Å². The number of halogens is 2. The summed E-state index contributed by atoms with van der Waals surface area (Å²) in [6, 6.07) is 3.64. The van der Waals surface area contributed by atoms with Crippen LogP contribution in [0.1, 0.15) is 37.0 Å². The summed E-state index contributed by atoms with van der Waals surface area (Å²) in [7, 11) is 0. The van der Waals surface area contributed by atoms with Crippen LogP contribution in [0.15, 0.2) is 24.8 Å². The zero-order valence-corrected chi connectivity index (χ0v) is 10.3. The van der Waals surface area contributed by atoms with E-state index < -0.39 is 6.10 Å². The predicted octanol–water partition coefficient (Wildman–Crippen LogP) is 4.34. The SMILES string of the molecule is C=CC(O)c1c(Cl)ccc(C(C)C)c1Cl. The minimum absolute atomic E-state index is 0.297. The van der Waals surface area contributed by atoms with Gasteiger partial charge in [-0.1, -0.05) is 49.2 Å². The Morgan fingerprint density at radius 1 is 1.33 bits per heavy atom. The normalized spacial score (nSPS) is 12.9. The second kappa shape index (κ2) is 5.02. The molecule has 1 nitrogen and oxygen atoms in total. The van der Waals surface area contributed by atoms with Crippen LogP contribution in [0.3, 0.4) is 0 Å². The van der Waals surface area contributed by atoms with Crippen molar-refractivity contribution in [1.82, 2.24) is 0 Å². The molecule has 1 unspecified atom stereocenters. The zero-order valence-electron chi connectivity index (χ0n) is 8.80. The van der Waals surface area contributed by atoms with Gasteiger partial charge in [-0.15, -0.1) is 6.58 Å². The first-order valence-electron chi connectivity index (χ1n) is 4.77. The summed E-state index contributed by atoms with van der Waals surface area (Å²) in [5.41, 5.74) is 1.52. The molecule has 1 rings (SSSR count). The molecule has 0 saturated carbocycles. The van der Waals surface area contributed by atoms with E-state index in [0.717, 1.165) is 5.56 Å². The molecule has 0 amide bonds. The lowest BCUT2D eigenvalue weighted by Gasteiger charge is -2.16. The average Bonchev–Trinajstić information content (AvgIpc) is 2.16. The molecule has 0 aliphatic heterocycles.